The highest BCUT2D eigenvalue weighted by molar-refractivity contribution is 6.31. The molecule has 148 valence electrons. The minimum atomic E-state index is -1.61. The van der Waals surface area contributed by atoms with E-state index in [1.54, 1.807) is 6.07 Å². The second-order valence-electron chi connectivity index (χ2n) is 6.71. The van der Waals surface area contributed by atoms with Gasteiger partial charge in [-0.1, -0.05) is 23.7 Å². The second-order valence-corrected chi connectivity index (χ2v) is 7.11. The Labute approximate surface area is 165 Å². The number of nitrogens with zero attached hydrogens (tertiary/aromatic N) is 4. The summed E-state index contributed by atoms with van der Waals surface area (Å²) >= 11 is 6.33. The topological polar surface area (TPSA) is 126 Å². The Morgan fingerprint density at radius 3 is 2.86 bits per heavy atom. The van der Waals surface area contributed by atoms with Gasteiger partial charge < -0.3 is 20.1 Å². The average molecular weight is 406 g/mol. The predicted molar refractivity (Wildman–Crippen MR) is 100 cm³/mol. The normalized spacial score (nSPS) is 27.5. The lowest BCUT2D eigenvalue weighted by Gasteiger charge is -2.34. The van der Waals surface area contributed by atoms with Crippen LogP contribution >= 0.6 is 11.6 Å². The van der Waals surface area contributed by atoms with E-state index < -0.39 is 30.8 Å². The molecule has 1 saturated heterocycles. The molecule has 9 nitrogen and oxygen atoms in total. The summed E-state index contributed by atoms with van der Waals surface area (Å²) in [4.78, 5) is 12.4. The molecule has 0 bridgehead atoms. The molecule has 2 aromatic heterocycles. The van der Waals surface area contributed by atoms with Crippen LogP contribution in [0, 0.1) is 6.92 Å². The number of hydrogen-bond acceptors (Lipinski definition) is 8. The van der Waals surface area contributed by atoms with Crippen LogP contribution < -0.4 is 5.32 Å². The Morgan fingerprint density at radius 2 is 2.14 bits per heavy atom. The van der Waals surface area contributed by atoms with Crippen molar-refractivity contribution in [1.82, 2.24) is 24.8 Å². The summed E-state index contributed by atoms with van der Waals surface area (Å²) in [5.74, 6) is -1.61. The van der Waals surface area contributed by atoms with E-state index in [4.69, 9.17) is 16.3 Å². The molecule has 3 aromatic rings. The van der Waals surface area contributed by atoms with Crippen LogP contribution in [0.2, 0.25) is 5.02 Å². The first-order valence-electron chi connectivity index (χ1n) is 8.75. The van der Waals surface area contributed by atoms with Crippen molar-refractivity contribution in [2.45, 2.75) is 37.6 Å². The summed E-state index contributed by atoms with van der Waals surface area (Å²) in [7, 11) is 0. The van der Waals surface area contributed by atoms with Crippen LogP contribution in [-0.4, -0.2) is 59.8 Å². The molecular weight excluding hydrogens is 386 g/mol. The number of aryl methyl sites for hydroxylation is 1. The van der Waals surface area contributed by atoms with Gasteiger partial charge in [-0.15, -0.1) is 0 Å². The summed E-state index contributed by atoms with van der Waals surface area (Å²) in [6.45, 7) is 1.69. The van der Waals surface area contributed by atoms with Gasteiger partial charge in [-0.3, -0.25) is 9.88 Å². The predicted octanol–water partition coefficient (Wildman–Crippen LogP) is 0.301. The number of aromatic nitrogens is 4. The Bertz CT molecular complexity index is 979. The highest BCUT2D eigenvalue weighted by Gasteiger charge is 2.56. The maximum atomic E-state index is 10.9. The zero-order valence-corrected chi connectivity index (χ0v) is 15.8. The van der Waals surface area contributed by atoms with Crippen molar-refractivity contribution in [3.05, 3.63) is 53.2 Å². The second kappa shape index (κ2) is 7.36. The van der Waals surface area contributed by atoms with Crippen LogP contribution in [0.4, 0.5) is 0 Å². The van der Waals surface area contributed by atoms with Crippen molar-refractivity contribution in [3.63, 3.8) is 0 Å². The molecule has 1 fully saturated rings. The number of nitrogens with one attached hydrogen (secondary N) is 1. The summed E-state index contributed by atoms with van der Waals surface area (Å²) < 4.78 is 7.43. The van der Waals surface area contributed by atoms with Crippen molar-refractivity contribution < 1.29 is 20.1 Å². The van der Waals surface area contributed by atoms with E-state index >= 15 is 0 Å². The number of benzene rings is 1. The lowest BCUT2D eigenvalue weighted by molar-refractivity contribution is -0.169. The van der Waals surface area contributed by atoms with Crippen LogP contribution in [0.15, 0.2) is 37.1 Å². The van der Waals surface area contributed by atoms with E-state index in [2.05, 4.69) is 20.3 Å². The van der Waals surface area contributed by atoms with Crippen LogP contribution in [-0.2, 0) is 17.1 Å². The molecule has 10 heteroatoms. The smallest absolute Gasteiger partial charge is 0.234 e. The number of aliphatic hydroxyl groups is 3. The molecule has 1 unspecified atom stereocenters. The van der Waals surface area contributed by atoms with Crippen molar-refractivity contribution in [3.8, 4) is 0 Å². The zero-order valence-electron chi connectivity index (χ0n) is 15.0. The van der Waals surface area contributed by atoms with Crippen molar-refractivity contribution in [1.29, 1.82) is 0 Å². The molecule has 4 N–H and O–H groups in total. The number of ether oxygens (including phenoxy) is 1. The Balaban J connectivity index is 1.79. The highest BCUT2D eigenvalue weighted by atomic mass is 35.5. The minimum Gasteiger partial charge on any atom is -0.394 e. The van der Waals surface area contributed by atoms with E-state index in [0.29, 0.717) is 16.2 Å². The molecule has 1 aromatic carbocycles. The SMILES string of the molecule is Cc1cccc(Cl)c1CNC1(n2cnc3cncnc32)O[C@H](CO)[C@@H](O)[C@H]1O. The van der Waals surface area contributed by atoms with Gasteiger partial charge in [0.1, 0.15) is 36.5 Å². The van der Waals surface area contributed by atoms with Crippen LogP contribution in [0.1, 0.15) is 11.1 Å². The van der Waals surface area contributed by atoms with Gasteiger partial charge in [-0.2, -0.15) is 0 Å². The maximum Gasteiger partial charge on any atom is 0.234 e. The lowest BCUT2D eigenvalue weighted by Crippen LogP contribution is -2.56. The van der Waals surface area contributed by atoms with E-state index in [1.807, 2.05) is 19.1 Å². The van der Waals surface area contributed by atoms with Crippen molar-refractivity contribution in [2.75, 3.05) is 6.61 Å². The quantitative estimate of drug-likeness (QED) is 0.477. The largest absolute Gasteiger partial charge is 0.394 e. The van der Waals surface area contributed by atoms with E-state index in [0.717, 1.165) is 11.1 Å². The first kappa shape index (κ1) is 19.2. The van der Waals surface area contributed by atoms with Gasteiger partial charge in [0.2, 0.25) is 5.85 Å². The molecule has 0 spiro atoms. The first-order valence-corrected chi connectivity index (χ1v) is 9.13. The molecule has 28 heavy (non-hydrogen) atoms. The molecule has 4 rings (SSSR count). The van der Waals surface area contributed by atoms with Crippen molar-refractivity contribution in [2.24, 2.45) is 0 Å². The zero-order chi connectivity index (χ0) is 19.9. The molecule has 1 aliphatic heterocycles. The third kappa shape index (κ3) is 2.96. The summed E-state index contributed by atoms with van der Waals surface area (Å²) in [6, 6.07) is 5.55. The van der Waals surface area contributed by atoms with Crippen LogP contribution in [0.5, 0.6) is 0 Å². The standard InChI is InChI=1S/C18H20ClN5O4/c1-10-3-2-4-12(19)11(10)5-23-18(16(27)15(26)14(7-25)28-18)24-9-22-13-6-20-8-21-17(13)24/h2-4,6,8-9,14-16,23,25-27H,5,7H2,1H3/t14-,15-,16-,18?/m1/s1. The Morgan fingerprint density at radius 1 is 1.32 bits per heavy atom. The maximum absolute atomic E-state index is 10.9. The molecule has 0 amide bonds. The number of rotatable bonds is 5. The van der Waals surface area contributed by atoms with Gasteiger partial charge in [0.25, 0.3) is 0 Å². The number of hydrogen-bond donors (Lipinski definition) is 4. The third-order valence-corrected chi connectivity index (χ3v) is 5.41. The molecular formula is C18H20ClN5O4. The Hall–Kier alpha value is -2.14. The molecule has 3 heterocycles. The fourth-order valence-corrected chi connectivity index (χ4v) is 3.79. The van der Waals surface area contributed by atoms with Gasteiger partial charge in [-0.25, -0.2) is 15.0 Å². The first-order chi connectivity index (χ1) is 13.5. The van der Waals surface area contributed by atoms with Gasteiger partial charge in [0.15, 0.2) is 5.65 Å². The van der Waals surface area contributed by atoms with Gasteiger partial charge in [0.05, 0.1) is 12.8 Å². The van der Waals surface area contributed by atoms with Gasteiger partial charge in [0, 0.05) is 11.6 Å². The molecule has 1 aliphatic rings. The number of fused-ring (bicyclic) bond motifs is 1. The molecule has 0 radical (unpaired) electrons. The van der Waals surface area contributed by atoms with Gasteiger partial charge >= 0.3 is 0 Å². The fourth-order valence-electron chi connectivity index (χ4n) is 3.50. The molecule has 0 aliphatic carbocycles. The summed E-state index contributed by atoms with van der Waals surface area (Å²) in [6.07, 6.45) is 0.624. The fraction of sp³-hybridized carbons (Fsp3) is 0.389. The number of halogens is 1. The average Bonchev–Trinajstić information content (AvgIpc) is 3.23. The molecule has 0 saturated carbocycles. The van der Waals surface area contributed by atoms with Crippen LogP contribution in [0.3, 0.4) is 0 Å². The minimum absolute atomic E-state index is 0.234. The van der Waals surface area contributed by atoms with Crippen molar-refractivity contribution >= 4 is 22.8 Å². The monoisotopic (exact) mass is 405 g/mol. The lowest BCUT2D eigenvalue weighted by atomic mass is 10.1. The molecule has 4 atom stereocenters. The summed E-state index contributed by atoms with van der Waals surface area (Å²) in [5, 5.41) is 34.6. The van der Waals surface area contributed by atoms with Gasteiger partial charge in [-0.05, 0) is 24.1 Å². The van der Waals surface area contributed by atoms with Crippen LogP contribution in [0.25, 0.3) is 11.2 Å². The van der Waals surface area contributed by atoms with E-state index in [1.165, 1.54) is 23.4 Å². The number of aliphatic hydroxyl groups excluding tert-OH is 3. The van der Waals surface area contributed by atoms with E-state index in [-0.39, 0.29) is 6.54 Å². The summed E-state index contributed by atoms with van der Waals surface area (Å²) in [5.41, 5.74) is 2.68. The highest BCUT2D eigenvalue weighted by Crippen LogP contribution is 2.36. The number of imidazole rings is 1. The van der Waals surface area contributed by atoms with E-state index in [9.17, 15) is 15.3 Å². The Kier molecular flexibility index (Phi) is 5.04. The third-order valence-electron chi connectivity index (χ3n) is 5.06.